The molecule has 0 saturated heterocycles. The van der Waals surface area contributed by atoms with E-state index >= 15 is 0 Å². The van der Waals surface area contributed by atoms with Crippen molar-refractivity contribution in [2.24, 2.45) is 22.7 Å². The Bertz CT molecular complexity index is 526. The van der Waals surface area contributed by atoms with E-state index < -0.39 is 0 Å². The van der Waals surface area contributed by atoms with Gasteiger partial charge in [-0.25, -0.2) is 0 Å². The topological polar surface area (TPSA) is 17.1 Å². The molecule has 4 unspecified atom stereocenters. The number of carbonyl (C=O) groups excluding carboxylic acids is 1. The summed E-state index contributed by atoms with van der Waals surface area (Å²) >= 11 is 0. The van der Waals surface area contributed by atoms with Crippen LogP contribution in [0.3, 0.4) is 0 Å². The van der Waals surface area contributed by atoms with Gasteiger partial charge in [-0.05, 0) is 61.9 Å². The smallest absolute Gasteiger partial charge is 0.155 e. The molecule has 0 amide bonds. The molecule has 0 heterocycles. The second-order valence-electron chi connectivity index (χ2n) is 8.13. The van der Waals surface area contributed by atoms with Crippen molar-refractivity contribution >= 4 is 5.78 Å². The molecule has 1 heteroatoms. The molecule has 0 spiro atoms. The zero-order chi connectivity index (χ0) is 14.0. The van der Waals surface area contributed by atoms with Crippen LogP contribution in [0.1, 0.15) is 65.2 Å². The van der Waals surface area contributed by atoms with Crippen LogP contribution >= 0.6 is 0 Å². The zero-order valence-electron chi connectivity index (χ0n) is 12.9. The molecule has 2 saturated carbocycles. The fourth-order valence-electron chi connectivity index (χ4n) is 5.85. The number of rotatable bonds is 0. The lowest BCUT2D eigenvalue weighted by Crippen LogP contribution is -2.42. The molecular weight excluding hydrogens is 244 g/mol. The average Bonchev–Trinajstić information content (AvgIpc) is 2.81. The molecule has 4 aliphatic carbocycles. The molecule has 0 aromatic carbocycles. The summed E-state index contributed by atoms with van der Waals surface area (Å²) in [6.45, 7) is 4.94. The van der Waals surface area contributed by atoms with E-state index in [1.54, 1.807) is 5.57 Å². The van der Waals surface area contributed by atoms with Gasteiger partial charge in [0, 0.05) is 11.8 Å². The molecule has 0 aliphatic heterocycles. The fourth-order valence-corrected chi connectivity index (χ4v) is 5.85. The lowest BCUT2D eigenvalue weighted by molar-refractivity contribution is -0.115. The highest BCUT2D eigenvalue weighted by Gasteiger charge is 2.52. The van der Waals surface area contributed by atoms with Gasteiger partial charge in [0.25, 0.3) is 0 Å². The van der Waals surface area contributed by atoms with Gasteiger partial charge in [-0.2, -0.15) is 0 Å². The van der Waals surface area contributed by atoms with Crippen molar-refractivity contribution in [3.8, 4) is 0 Å². The minimum absolute atomic E-state index is 0.223. The minimum Gasteiger partial charge on any atom is -0.295 e. The van der Waals surface area contributed by atoms with Crippen LogP contribution in [-0.4, -0.2) is 5.78 Å². The molecule has 0 aromatic rings. The van der Waals surface area contributed by atoms with Crippen molar-refractivity contribution in [3.63, 3.8) is 0 Å². The quantitative estimate of drug-likeness (QED) is 0.576. The number of hydrogen-bond donors (Lipinski definition) is 0. The molecule has 0 radical (unpaired) electrons. The van der Waals surface area contributed by atoms with Crippen molar-refractivity contribution in [1.82, 2.24) is 0 Å². The van der Waals surface area contributed by atoms with Crippen LogP contribution in [0.15, 0.2) is 23.3 Å². The maximum Gasteiger partial charge on any atom is 0.155 e. The molecule has 4 aliphatic rings. The monoisotopic (exact) mass is 270 g/mol. The van der Waals surface area contributed by atoms with E-state index in [4.69, 9.17) is 0 Å². The van der Waals surface area contributed by atoms with Gasteiger partial charge in [0.2, 0.25) is 0 Å². The predicted molar refractivity (Wildman–Crippen MR) is 81.3 cm³/mol. The first kappa shape index (κ1) is 12.9. The van der Waals surface area contributed by atoms with Crippen LogP contribution in [0.25, 0.3) is 0 Å². The van der Waals surface area contributed by atoms with E-state index in [0.29, 0.717) is 11.2 Å². The van der Waals surface area contributed by atoms with Gasteiger partial charge in [-0.3, -0.25) is 4.79 Å². The Morgan fingerprint density at radius 3 is 2.85 bits per heavy atom. The van der Waals surface area contributed by atoms with Gasteiger partial charge in [-0.15, -0.1) is 0 Å². The first-order chi connectivity index (χ1) is 9.53. The van der Waals surface area contributed by atoms with Crippen LogP contribution in [-0.2, 0) is 4.79 Å². The molecule has 4 rings (SSSR count). The highest BCUT2D eigenvalue weighted by atomic mass is 16.1. The first-order valence-corrected chi connectivity index (χ1v) is 8.47. The maximum atomic E-state index is 11.8. The number of allylic oxidation sites excluding steroid dienone is 4. The Labute approximate surface area is 122 Å². The number of carbonyl (C=O) groups is 1. The lowest BCUT2D eigenvalue weighted by Gasteiger charge is -2.52. The summed E-state index contributed by atoms with van der Waals surface area (Å²) in [7, 11) is 0. The summed E-state index contributed by atoms with van der Waals surface area (Å²) in [4.78, 5) is 11.8. The van der Waals surface area contributed by atoms with E-state index in [9.17, 15) is 4.79 Å². The SMILES string of the molecule is CC12CCC(=O)C=C1CCC1C2=CCC2(C)CCCC12. The van der Waals surface area contributed by atoms with E-state index in [1.165, 1.54) is 37.7 Å². The standard InChI is InChI=1S/C19H26O/c1-18-9-3-4-16(18)15-6-5-13-12-14(20)7-11-19(13,2)17(15)8-10-18/h8,12,15-16H,3-7,9-11H2,1-2H3. The third-order valence-electron chi connectivity index (χ3n) is 7.11. The Morgan fingerprint density at radius 1 is 1.15 bits per heavy atom. The normalized spacial score (nSPS) is 47.0. The second-order valence-corrected chi connectivity index (χ2v) is 8.13. The fraction of sp³-hybridized carbons (Fsp3) is 0.737. The van der Waals surface area contributed by atoms with Crippen LogP contribution in [0, 0.1) is 22.7 Å². The molecule has 20 heavy (non-hydrogen) atoms. The molecule has 0 bridgehead atoms. The highest BCUT2D eigenvalue weighted by molar-refractivity contribution is 5.92. The first-order valence-electron chi connectivity index (χ1n) is 8.47. The van der Waals surface area contributed by atoms with E-state index in [2.05, 4.69) is 19.9 Å². The van der Waals surface area contributed by atoms with E-state index in [1.807, 2.05) is 6.08 Å². The molecule has 1 nitrogen and oxygen atoms in total. The van der Waals surface area contributed by atoms with Gasteiger partial charge >= 0.3 is 0 Å². The van der Waals surface area contributed by atoms with Crippen LogP contribution in [0.5, 0.6) is 0 Å². The number of hydrogen-bond acceptors (Lipinski definition) is 1. The maximum absolute atomic E-state index is 11.8. The Morgan fingerprint density at radius 2 is 2.00 bits per heavy atom. The van der Waals surface area contributed by atoms with Crippen molar-refractivity contribution in [2.75, 3.05) is 0 Å². The third-order valence-corrected chi connectivity index (χ3v) is 7.11. The van der Waals surface area contributed by atoms with Crippen LogP contribution in [0.4, 0.5) is 0 Å². The molecule has 108 valence electrons. The molecule has 4 atom stereocenters. The summed E-state index contributed by atoms with van der Waals surface area (Å²) < 4.78 is 0. The minimum atomic E-state index is 0.223. The van der Waals surface area contributed by atoms with Gasteiger partial charge in [-0.1, -0.05) is 37.5 Å². The van der Waals surface area contributed by atoms with Crippen LogP contribution < -0.4 is 0 Å². The van der Waals surface area contributed by atoms with E-state index in [-0.39, 0.29) is 5.41 Å². The van der Waals surface area contributed by atoms with Gasteiger partial charge in [0.05, 0.1) is 0 Å². The average molecular weight is 270 g/mol. The van der Waals surface area contributed by atoms with Crippen molar-refractivity contribution in [1.29, 1.82) is 0 Å². The summed E-state index contributed by atoms with van der Waals surface area (Å²) in [5.74, 6) is 2.09. The number of ketones is 1. The molecule has 0 N–H and O–H groups in total. The van der Waals surface area contributed by atoms with Crippen molar-refractivity contribution in [3.05, 3.63) is 23.3 Å². The van der Waals surface area contributed by atoms with Crippen molar-refractivity contribution in [2.45, 2.75) is 65.2 Å². The van der Waals surface area contributed by atoms with Gasteiger partial charge in [0.1, 0.15) is 0 Å². The summed E-state index contributed by atoms with van der Waals surface area (Å²) in [6, 6.07) is 0. The van der Waals surface area contributed by atoms with Gasteiger partial charge in [0.15, 0.2) is 5.78 Å². The lowest BCUT2D eigenvalue weighted by atomic mass is 9.52. The Kier molecular flexibility index (Phi) is 2.63. The molecular formula is C19H26O. The highest BCUT2D eigenvalue weighted by Crippen LogP contribution is 2.62. The molecule has 0 aromatic heterocycles. The van der Waals surface area contributed by atoms with Gasteiger partial charge < -0.3 is 0 Å². The largest absolute Gasteiger partial charge is 0.295 e. The van der Waals surface area contributed by atoms with Crippen LogP contribution in [0.2, 0.25) is 0 Å². The second kappa shape index (κ2) is 4.08. The van der Waals surface area contributed by atoms with E-state index in [0.717, 1.165) is 31.1 Å². The number of fused-ring (bicyclic) bond motifs is 5. The Hall–Kier alpha value is -0.850. The van der Waals surface area contributed by atoms with Crippen molar-refractivity contribution < 1.29 is 4.79 Å². The zero-order valence-corrected chi connectivity index (χ0v) is 12.9. The molecule has 2 fully saturated rings. The predicted octanol–water partition coefficient (Wildman–Crippen LogP) is 4.83. The summed E-state index contributed by atoms with van der Waals surface area (Å²) in [6.07, 6.45) is 14.4. The Balaban J connectivity index is 1.77. The summed E-state index contributed by atoms with van der Waals surface area (Å²) in [5, 5.41) is 0. The third kappa shape index (κ3) is 1.58. The summed E-state index contributed by atoms with van der Waals surface area (Å²) in [5.41, 5.74) is 3.96.